The topological polar surface area (TPSA) is 96.5 Å². The highest BCUT2D eigenvalue weighted by molar-refractivity contribution is 6.00. The molecule has 2 aromatic carbocycles. The van der Waals surface area contributed by atoms with Crippen LogP contribution in [0.1, 0.15) is 18.9 Å². The molecule has 7 heteroatoms. The second-order valence-corrected chi connectivity index (χ2v) is 7.09. The molecule has 1 saturated carbocycles. The van der Waals surface area contributed by atoms with Crippen LogP contribution in [0.3, 0.4) is 0 Å². The molecule has 29 heavy (non-hydrogen) atoms. The summed E-state index contributed by atoms with van der Waals surface area (Å²) in [6.45, 7) is 1.93. The van der Waals surface area contributed by atoms with Crippen LogP contribution >= 0.6 is 0 Å². The van der Waals surface area contributed by atoms with Crippen LogP contribution in [0, 0.1) is 11.8 Å². The Morgan fingerprint density at radius 2 is 1.66 bits per heavy atom. The number of rotatable bonds is 8. The number of anilines is 2. The molecule has 3 amide bonds. The minimum absolute atomic E-state index is 0.0972. The Kier molecular flexibility index (Phi) is 6.49. The second-order valence-electron chi connectivity index (χ2n) is 7.09. The lowest BCUT2D eigenvalue weighted by atomic mass is 10.1. The van der Waals surface area contributed by atoms with Crippen LogP contribution in [0.25, 0.3) is 0 Å². The Balaban J connectivity index is 1.44. The van der Waals surface area contributed by atoms with E-state index in [1.165, 1.54) is 6.92 Å². The van der Waals surface area contributed by atoms with Crippen LogP contribution in [0.5, 0.6) is 5.75 Å². The van der Waals surface area contributed by atoms with Crippen molar-refractivity contribution in [3.05, 3.63) is 54.1 Å². The molecule has 0 heterocycles. The summed E-state index contributed by atoms with van der Waals surface area (Å²) in [5, 5.41) is 8.39. The van der Waals surface area contributed by atoms with E-state index in [4.69, 9.17) is 4.74 Å². The molecule has 2 aromatic rings. The Hall–Kier alpha value is -3.35. The lowest BCUT2D eigenvalue weighted by Gasteiger charge is -2.08. The molecular weight excluding hydrogens is 370 g/mol. The Labute approximate surface area is 169 Å². The van der Waals surface area contributed by atoms with E-state index in [-0.39, 0.29) is 29.6 Å². The first-order valence-corrected chi connectivity index (χ1v) is 9.55. The van der Waals surface area contributed by atoms with Gasteiger partial charge in [0.15, 0.2) is 0 Å². The van der Waals surface area contributed by atoms with E-state index >= 15 is 0 Å². The first-order chi connectivity index (χ1) is 14.0. The molecule has 0 spiro atoms. The molecule has 1 fully saturated rings. The lowest BCUT2D eigenvalue weighted by Crippen LogP contribution is -2.29. The number of amides is 3. The molecule has 1 aliphatic carbocycles. The first kappa shape index (κ1) is 20.4. The van der Waals surface area contributed by atoms with Gasteiger partial charge in [-0.15, -0.1) is 0 Å². The van der Waals surface area contributed by atoms with Gasteiger partial charge in [-0.05, 0) is 48.7 Å². The van der Waals surface area contributed by atoms with Gasteiger partial charge >= 0.3 is 0 Å². The van der Waals surface area contributed by atoms with Crippen LogP contribution in [-0.4, -0.2) is 31.4 Å². The number of hydrogen-bond donors (Lipinski definition) is 3. The molecule has 3 N–H and O–H groups in total. The molecule has 0 aromatic heterocycles. The van der Waals surface area contributed by atoms with Crippen molar-refractivity contribution in [3.63, 3.8) is 0 Å². The summed E-state index contributed by atoms with van der Waals surface area (Å²) >= 11 is 0. The first-order valence-electron chi connectivity index (χ1n) is 9.55. The summed E-state index contributed by atoms with van der Waals surface area (Å²) in [7, 11) is 1.62. The van der Waals surface area contributed by atoms with Gasteiger partial charge in [0.2, 0.25) is 17.7 Å². The fourth-order valence-electron chi connectivity index (χ4n) is 3.18. The van der Waals surface area contributed by atoms with Gasteiger partial charge in [0, 0.05) is 24.8 Å². The van der Waals surface area contributed by atoms with E-state index in [1.807, 2.05) is 24.3 Å². The molecule has 0 bridgehead atoms. The third kappa shape index (κ3) is 5.81. The number of nitrogens with one attached hydrogen (secondary N) is 3. The van der Waals surface area contributed by atoms with E-state index in [0.717, 1.165) is 11.3 Å². The maximum absolute atomic E-state index is 12.4. The normalized spacial score (nSPS) is 17.2. The van der Waals surface area contributed by atoms with Crippen LogP contribution in [0.15, 0.2) is 48.5 Å². The fraction of sp³-hybridized carbons (Fsp3) is 0.318. The Morgan fingerprint density at radius 1 is 0.966 bits per heavy atom. The number of hydrogen-bond acceptors (Lipinski definition) is 4. The SMILES string of the molecule is COc1cccc(CCNC(=O)C2CC2C(=O)Nc2cccc(NC(C)=O)c2)c1. The fourth-order valence-corrected chi connectivity index (χ4v) is 3.18. The maximum atomic E-state index is 12.4. The van der Waals surface area contributed by atoms with Crippen molar-refractivity contribution >= 4 is 29.1 Å². The van der Waals surface area contributed by atoms with E-state index in [0.29, 0.717) is 30.8 Å². The minimum Gasteiger partial charge on any atom is -0.497 e. The highest BCUT2D eigenvalue weighted by atomic mass is 16.5. The molecule has 2 unspecified atom stereocenters. The largest absolute Gasteiger partial charge is 0.497 e. The minimum atomic E-state index is -0.323. The molecule has 2 atom stereocenters. The van der Waals surface area contributed by atoms with Crippen molar-refractivity contribution in [3.8, 4) is 5.75 Å². The van der Waals surface area contributed by atoms with Crippen molar-refractivity contribution in [2.24, 2.45) is 11.8 Å². The lowest BCUT2D eigenvalue weighted by molar-refractivity contribution is -0.125. The number of benzene rings is 2. The molecule has 1 aliphatic rings. The molecular formula is C22H25N3O4. The van der Waals surface area contributed by atoms with Crippen LogP contribution in [-0.2, 0) is 20.8 Å². The van der Waals surface area contributed by atoms with Gasteiger partial charge in [-0.25, -0.2) is 0 Å². The number of methoxy groups -OCH3 is 1. The smallest absolute Gasteiger partial charge is 0.228 e. The van der Waals surface area contributed by atoms with E-state index in [1.54, 1.807) is 31.4 Å². The Morgan fingerprint density at radius 3 is 2.38 bits per heavy atom. The van der Waals surface area contributed by atoms with Crippen molar-refractivity contribution < 1.29 is 19.1 Å². The van der Waals surface area contributed by atoms with E-state index in [2.05, 4.69) is 16.0 Å². The van der Waals surface area contributed by atoms with Gasteiger partial charge in [0.1, 0.15) is 5.75 Å². The van der Waals surface area contributed by atoms with Crippen molar-refractivity contribution in [1.82, 2.24) is 5.32 Å². The van der Waals surface area contributed by atoms with Crippen LogP contribution in [0.4, 0.5) is 11.4 Å². The van der Waals surface area contributed by atoms with Crippen molar-refractivity contribution in [1.29, 1.82) is 0 Å². The van der Waals surface area contributed by atoms with Gasteiger partial charge in [-0.3, -0.25) is 14.4 Å². The zero-order chi connectivity index (χ0) is 20.8. The quantitative estimate of drug-likeness (QED) is 0.640. The predicted molar refractivity (Wildman–Crippen MR) is 111 cm³/mol. The highest BCUT2D eigenvalue weighted by Gasteiger charge is 2.47. The summed E-state index contributed by atoms with van der Waals surface area (Å²) in [4.78, 5) is 35.8. The summed E-state index contributed by atoms with van der Waals surface area (Å²) in [5.41, 5.74) is 2.28. The summed E-state index contributed by atoms with van der Waals surface area (Å²) in [6, 6.07) is 14.6. The molecule has 0 saturated heterocycles. The average molecular weight is 395 g/mol. The third-order valence-corrected chi connectivity index (χ3v) is 4.76. The molecule has 152 valence electrons. The zero-order valence-electron chi connectivity index (χ0n) is 16.5. The van der Waals surface area contributed by atoms with Gasteiger partial charge in [0.05, 0.1) is 18.9 Å². The molecule has 0 radical (unpaired) electrons. The predicted octanol–water partition coefficient (Wildman–Crippen LogP) is 2.59. The third-order valence-electron chi connectivity index (χ3n) is 4.76. The number of ether oxygens (including phenoxy) is 1. The van der Waals surface area contributed by atoms with Gasteiger partial charge in [-0.1, -0.05) is 18.2 Å². The van der Waals surface area contributed by atoms with E-state index < -0.39 is 0 Å². The maximum Gasteiger partial charge on any atom is 0.228 e. The van der Waals surface area contributed by atoms with Gasteiger partial charge < -0.3 is 20.7 Å². The van der Waals surface area contributed by atoms with Crippen LogP contribution in [0.2, 0.25) is 0 Å². The monoisotopic (exact) mass is 395 g/mol. The van der Waals surface area contributed by atoms with Crippen LogP contribution < -0.4 is 20.7 Å². The second kappa shape index (κ2) is 9.23. The number of carbonyl (C=O) groups excluding carboxylic acids is 3. The van der Waals surface area contributed by atoms with Gasteiger partial charge in [0.25, 0.3) is 0 Å². The van der Waals surface area contributed by atoms with Gasteiger partial charge in [-0.2, -0.15) is 0 Å². The van der Waals surface area contributed by atoms with Crippen molar-refractivity contribution in [2.45, 2.75) is 19.8 Å². The molecule has 7 nitrogen and oxygen atoms in total. The highest BCUT2D eigenvalue weighted by Crippen LogP contribution is 2.39. The standard InChI is InChI=1S/C22H25N3O4/c1-14(26)24-16-6-4-7-17(12-16)25-22(28)20-13-19(20)21(27)23-10-9-15-5-3-8-18(11-15)29-2/h3-8,11-12,19-20H,9-10,13H2,1-2H3,(H,23,27)(H,24,26)(H,25,28). The molecule has 0 aliphatic heterocycles. The van der Waals surface area contributed by atoms with Crippen molar-refractivity contribution in [2.75, 3.05) is 24.3 Å². The zero-order valence-corrected chi connectivity index (χ0v) is 16.5. The Bertz CT molecular complexity index is 912. The summed E-state index contributed by atoms with van der Waals surface area (Å²) < 4.78 is 5.19. The molecule has 3 rings (SSSR count). The van der Waals surface area contributed by atoms with E-state index in [9.17, 15) is 14.4 Å². The average Bonchev–Trinajstić information content (AvgIpc) is 3.49. The summed E-state index contributed by atoms with van der Waals surface area (Å²) in [6.07, 6.45) is 1.24. The summed E-state index contributed by atoms with van der Waals surface area (Å²) in [5.74, 6) is -0.287. The number of carbonyl (C=O) groups is 3.